The van der Waals surface area contributed by atoms with Crippen LogP contribution in [0.1, 0.15) is 12.5 Å². The molecular weight excluding hydrogens is 312 g/mol. The quantitative estimate of drug-likeness (QED) is 0.683. The Bertz CT molecular complexity index is 753. The molecule has 19 heavy (non-hydrogen) atoms. The van der Waals surface area contributed by atoms with Crippen molar-refractivity contribution in [1.29, 1.82) is 0 Å². The number of carbonyl (C=O) groups is 1. The van der Waals surface area contributed by atoms with Crippen molar-refractivity contribution in [3.05, 3.63) is 34.7 Å². The summed E-state index contributed by atoms with van der Waals surface area (Å²) in [5.41, 5.74) is 2.28. The Morgan fingerprint density at radius 3 is 3.05 bits per heavy atom. The molecule has 0 N–H and O–H groups in total. The lowest BCUT2D eigenvalue weighted by atomic mass is 10.1. The molecule has 0 radical (unpaired) electrons. The van der Waals surface area contributed by atoms with E-state index < -0.39 is 0 Å². The Labute approximate surface area is 117 Å². The third-order valence-corrected chi connectivity index (χ3v) is 3.53. The molecule has 0 saturated carbocycles. The van der Waals surface area contributed by atoms with Gasteiger partial charge in [0.05, 0.1) is 30.0 Å². The van der Waals surface area contributed by atoms with Crippen LogP contribution in [0.25, 0.3) is 21.9 Å². The monoisotopic (exact) mass is 322 g/mol. The Morgan fingerprint density at radius 2 is 2.26 bits per heavy atom. The molecule has 0 aliphatic carbocycles. The average molecular weight is 323 g/mol. The summed E-state index contributed by atoms with van der Waals surface area (Å²) in [5, 5.41) is 1.83. The third kappa shape index (κ3) is 2.04. The molecule has 0 aliphatic heterocycles. The van der Waals surface area contributed by atoms with Crippen molar-refractivity contribution >= 4 is 43.8 Å². The number of benzene rings is 1. The van der Waals surface area contributed by atoms with Crippen molar-refractivity contribution in [3.8, 4) is 0 Å². The lowest BCUT2D eigenvalue weighted by molar-refractivity contribution is -0.142. The fourth-order valence-electron chi connectivity index (χ4n) is 2.19. The van der Waals surface area contributed by atoms with Crippen LogP contribution in [0.3, 0.4) is 0 Å². The molecule has 0 amide bonds. The largest absolute Gasteiger partial charge is 0.466 e. The molecule has 0 fully saturated rings. The van der Waals surface area contributed by atoms with Crippen LogP contribution in [0.15, 0.2) is 38.0 Å². The minimum atomic E-state index is -0.259. The summed E-state index contributed by atoms with van der Waals surface area (Å²) in [6.07, 6.45) is 3.42. The summed E-state index contributed by atoms with van der Waals surface area (Å²) < 4.78 is 16.7. The van der Waals surface area contributed by atoms with E-state index in [1.54, 1.807) is 19.5 Å². The molecule has 98 valence electrons. The average Bonchev–Trinajstić information content (AvgIpc) is 2.96. The highest BCUT2D eigenvalue weighted by atomic mass is 79.9. The molecule has 1 aromatic carbocycles. The summed E-state index contributed by atoms with van der Waals surface area (Å²) in [7, 11) is 0. The lowest BCUT2D eigenvalue weighted by Crippen LogP contribution is -2.06. The van der Waals surface area contributed by atoms with Crippen LogP contribution in [0.5, 0.6) is 0 Å². The summed E-state index contributed by atoms with van der Waals surface area (Å²) in [4.78, 5) is 11.6. The molecule has 0 atom stereocenters. The van der Waals surface area contributed by atoms with Gasteiger partial charge in [0.1, 0.15) is 11.2 Å². The van der Waals surface area contributed by atoms with E-state index in [1.807, 2.05) is 12.1 Å². The molecule has 0 spiro atoms. The highest BCUT2D eigenvalue weighted by molar-refractivity contribution is 9.10. The van der Waals surface area contributed by atoms with Crippen LogP contribution in [-0.4, -0.2) is 12.6 Å². The van der Waals surface area contributed by atoms with Gasteiger partial charge in [-0.2, -0.15) is 0 Å². The normalized spacial score (nSPS) is 11.3. The number of ether oxygens (including phenoxy) is 1. The molecule has 0 saturated heterocycles. The minimum absolute atomic E-state index is 0.197. The van der Waals surface area contributed by atoms with Gasteiger partial charge in [0.15, 0.2) is 0 Å². The molecule has 0 bridgehead atoms. The van der Waals surface area contributed by atoms with E-state index in [0.29, 0.717) is 6.61 Å². The van der Waals surface area contributed by atoms with Gasteiger partial charge in [0, 0.05) is 16.3 Å². The molecule has 2 heterocycles. The van der Waals surface area contributed by atoms with Gasteiger partial charge >= 0.3 is 5.97 Å². The van der Waals surface area contributed by atoms with E-state index in [9.17, 15) is 4.79 Å². The Balaban J connectivity index is 2.16. The van der Waals surface area contributed by atoms with Gasteiger partial charge in [-0.15, -0.1) is 0 Å². The number of fused-ring (bicyclic) bond motifs is 3. The minimum Gasteiger partial charge on any atom is -0.466 e. The summed E-state index contributed by atoms with van der Waals surface area (Å²) in [6.45, 7) is 2.16. The number of carbonyl (C=O) groups excluding carboxylic acids is 1. The van der Waals surface area contributed by atoms with Gasteiger partial charge in [-0.05, 0) is 35.0 Å². The maximum Gasteiger partial charge on any atom is 0.310 e. The highest BCUT2D eigenvalue weighted by Crippen LogP contribution is 2.35. The number of furan rings is 2. The number of hydrogen-bond donors (Lipinski definition) is 0. The van der Waals surface area contributed by atoms with E-state index in [4.69, 9.17) is 13.6 Å². The number of rotatable bonds is 3. The molecule has 4 nitrogen and oxygen atoms in total. The molecule has 0 aliphatic rings. The first kappa shape index (κ1) is 12.3. The van der Waals surface area contributed by atoms with E-state index in [2.05, 4.69) is 15.9 Å². The van der Waals surface area contributed by atoms with Crippen molar-refractivity contribution in [2.75, 3.05) is 6.61 Å². The standard InChI is InChI=1S/C14H11BrO4/c1-2-17-12(16)5-8-7-19-11-6-10(15)14-9(13(8)11)3-4-18-14/h3-4,6-7H,2,5H2,1H3. The van der Waals surface area contributed by atoms with Gasteiger partial charge in [-0.1, -0.05) is 0 Å². The van der Waals surface area contributed by atoms with Crippen LogP contribution in [0.4, 0.5) is 0 Å². The predicted octanol–water partition coefficient (Wildman–Crippen LogP) is 4.05. The molecule has 5 heteroatoms. The number of halogens is 1. The van der Waals surface area contributed by atoms with Crippen LogP contribution in [0, 0.1) is 0 Å². The molecule has 3 rings (SSSR count). The smallest absolute Gasteiger partial charge is 0.310 e. The SMILES string of the molecule is CCOC(=O)Cc1coc2cc(Br)c3occc3c12. The van der Waals surface area contributed by atoms with E-state index in [0.717, 1.165) is 32.0 Å². The molecule has 0 unspecified atom stereocenters. The van der Waals surface area contributed by atoms with Gasteiger partial charge in [-0.25, -0.2) is 0 Å². The van der Waals surface area contributed by atoms with Crippen molar-refractivity contribution in [2.45, 2.75) is 13.3 Å². The lowest BCUT2D eigenvalue weighted by Gasteiger charge is -2.01. The van der Waals surface area contributed by atoms with Gasteiger partial charge in [-0.3, -0.25) is 4.79 Å². The topological polar surface area (TPSA) is 52.6 Å². The van der Waals surface area contributed by atoms with Crippen molar-refractivity contribution < 1.29 is 18.4 Å². The van der Waals surface area contributed by atoms with E-state index in [-0.39, 0.29) is 12.4 Å². The highest BCUT2D eigenvalue weighted by Gasteiger charge is 2.16. The summed E-state index contributed by atoms with van der Waals surface area (Å²) >= 11 is 3.44. The first-order valence-corrected chi connectivity index (χ1v) is 6.71. The fourth-order valence-corrected chi connectivity index (χ4v) is 2.71. The zero-order valence-electron chi connectivity index (χ0n) is 10.2. The van der Waals surface area contributed by atoms with Gasteiger partial charge in [0.25, 0.3) is 0 Å². The first-order valence-electron chi connectivity index (χ1n) is 5.92. The number of esters is 1. The second-order valence-electron chi connectivity index (χ2n) is 4.14. The zero-order chi connectivity index (χ0) is 13.4. The van der Waals surface area contributed by atoms with Crippen LogP contribution < -0.4 is 0 Å². The van der Waals surface area contributed by atoms with Gasteiger partial charge in [0.2, 0.25) is 0 Å². The molecular formula is C14H11BrO4. The fraction of sp³-hybridized carbons (Fsp3) is 0.214. The van der Waals surface area contributed by atoms with E-state index in [1.165, 1.54) is 0 Å². The van der Waals surface area contributed by atoms with Crippen LogP contribution in [0.2, 0.25) is 0 Å². The number of hydrogen-bond acceptors (Lipinski definition) is 4. The van der Waals surface area contributed by atoms with Crippen LogP contribution >= 0.6 is 15.9 Å². The van der Waals surface area contributed by atoms with Crippen molar-refractivity contribution in [2.24, 2.45) is 0 Å². The van der Waals surface area contributed by atoms with Crippen molar-refractivity contribution in [1.82, 2.24) is 0 Å². The molecule has 3 aromatic rings. The van der Waals surface area contributed by atoms with Gasteiger partial charge < -0.3 is 13.6 Å². The third-order valence-electron chi connectivity index (χ3n) is 2.95. The molecule has 2 aromatic heterocycles. The van der Waals surface area contributed by atoms with Crippen molar-refractivity contribution in [3.63, 3.8) is 0 Å². The Morgan fingerprint density at radius 1 is 1.42 bits per heavy atom. The zero-order valence-corrected chi connectivity index (χ0v) is 11.8. The summed E-state index contributed by atoms with van der Waals surface area (Å²) in [5.74, 6) is -0.259. The Hall–Kier alpha value is -1.75. The summed E-state index contributed by atoms with van der Waals surface area (Å²) in [6, 6.07) is 3.71. The maximum atomic E-state index is 11.6. The second kappa shape index (κ2) is 4.74. The maximum absolute atomic E-state index is 11.6. The van der Waals surface area contributed by atoms with E-state index >= 15 is 0 Å². The Kier molecular flexibility index (Phi) is 3.06. The van der Waals surface area contributed by atoms with Crippen LogP contribution in [-0.2, 0) is 16.0 Å². The predicted molar refractivity (Wildman–Crippen MR) is 74.0 cm³/mol. The second-order valence-corrected chi connectivity index (χ2v) is 4.99. The first-order chi connectivity index (χ1) is 9.20.